The molecule has 2 saturated heterocycles. The van der Waals surface area contributed by atoms with Crippen LogP contribution in [0.25, 0.3) is 47.0 Å². The number of nitrogens with one attached hydrogen (secondary N) is 2. The molecule has 2 aliphatic rings. The predicted molar refractivity (Wildman–Crippen MR) is 221 cm³/mol. The molecule has 0 bridgehead atoms. The molecule has 0 aliphatic carbocycles. The molecule has 1 aromatic carbocycles. The highest BCUT2D eigenvalue weighted by Gasteiger charge is 2.41. The molecule has 294 valence electrons. The van der Waals surface area contributed by atoms with Crippen molar-refractivity contribution in [3.8, 4) is 20.9 Å². The Morgan fingerprint density at radius 3 is 2.21 bits per heavy atom. The average Bonchev–Trinajstić information content (AvgIpc) is 3.98. The van der Waals surface area contributed by atoms with E-state index < -0.39 is 17.7 Å². The number of carbonyl (C=O) groups is 3. The van der Waals surface area contributed by atoms with Gasteiger partial charge >= 0.3 is 12.2 Å². The molecule has 5 atom stereocenters. The van der Waals surface area contributed by atoms with E-state index in [0.29, 0.717) is 24.9 Å². The molecule has 0 saturated carbocycles. The molecule has 6 aromatic rings. The number of methoxy groups -OCH3 is 1. The maximum absolute atomic E-state index is 13.8. The second kappa shape index (κ2) is 14.5. The van der Waals surface area contributed by atoms with Crippen LogP contribution in [0.4, 0.5) is 9.59 Å². The molecule has 7 heterocycles. The van der Waals surface area contributed by atoms with Gasteiger partial charge in [0.25, 0.3) is 0 Å². The van der Waals surface area contributed by atoms with Crippen LogP contribution in [0, 0.1) is 17.8 Å². The van der Waals surface area contributed by atoms with Crippen LogP contribution >= 0.6 is 22.7 Å². The second-order valence-electron chi connectivity index (χ2n) is 16.8. The summed E-state index contributed by atoms with van der Waals surface area (Å²) in [6.45, 7) is 15.1. The summed E-state index contributed by atoms with van der Waals surface area (Å²) in [6.07, 6.45) is 4.91. The lowest BCUT2D eigenvalue weighted by molar-refractivity contribution is -0.135. The van der Waals surface area contributed by atoms with Crippen LogP contribution in [-0.2, 0) is 14.3 Å². The lowest BCUT2D eigenvalue weighted by atomic mass is 10.0. The molecule has 2 aliphatic heterocycles. The van der Waals surface area contributed by atoms with E-state index in [1.54, 1.807) is 22.7 Å². The number of ether oxygens (including phenoxy) is 2. The standard InChI is InChI=1S/C42H49N7O5S2/c1-22(2)37(46-40(51)53-8)39(50)48-18-24(4)14-31(48)38-44-27-11-9-25(15-28(27)45-38)32-16-34-35(55-32)17-33(56-34)26-10-12-36-43-29(21-47(36)20-26)30-13-23(3)19-49(30)41(52)54-42(5,6)7/h9-12,15-17,20-24,30-31,37H,13-14,18-19H2,1-8H3,(H,44,45)(H,46,51)/t23-,24-,30-,31-,37-/m0/s1. The van der Waals surface area contributed by atoms with Gasteiger partial charge in [-0.05, 0) is 93.3 Å². The van der Waals surface area contributed by atoms with Crippen molar-refractivity contribution in [1.29, 1.82) is 0 Å². The van der Waals surface area contributed by atoms with Gasteiger partial charge in [-0.3, -0.25) is 9.69 Å². The maximum Gasteiger partial charge on any atom is 0.410 e. The van der Waals surface area contributed by atoms with Gasteiger partial charge in [0.15, 0.2) is 0 Å². The number of benzene rings is 1. The number of fused-ring (bicyclic) bond motifs is 3. The van der Waals surface area contributed by atoms with E-state index in [9.17, 15) is 14.4 Å². The Bertz CT molecular complexity index is 2420. The van der Waals surface area contributed by atoms with Crippen LogP contribution in [-0.4, -0.2) is 79.1 Å². The lowest BCUT2D eigenvalue weighted by Gasteiger charge is -2.30. The van der Waals surface area contributed by atoms with Crippen molar-refractivity contribution >= 4 is 66.8 Å². The molecule has 0 spiro atoms. The summed E-state index contributed by atoms with van der Waals surface area (Å²) in [5.74, 6) is 1.18. The van der Waals surface area contributed by atoms with Crippen molar-refractivity contribution < 1.29 is 23.9 Å². The first-order valence-electron chi connectivity index (χ1n) is 19.3. The van der Waals surface area contributed by atoms with Crippen LogP contribution in [0.5, 0.6) is 0 Å². The second-order valence-corrected chi connectivity index (χ2v) is 19.0. The Balaban J connectivity index is 1.01. The molecule has 2 fully saturated rings. The van der Waals surface area contributed by atoms with E-state index in [-0.39, 0.29) is 30.0 Å². The van der Waals surface area contributed by atoms with Gasteiger partial charge < -0.3 is 29.1 Å². The highest BCUT2D eigenvalue weighted by molar-refractivity contribution is 7.31. The van der Waals surface area contributed by atoms with E-state index in [1.807, 2.05) is 56.6 Å². The monoisotopic (exact) mass is 795 g/mol. The molecule has 12 nitrogen and oxygen atoms in total. The first-order chi connectivity index (χ1) is 26.6. The predicted octanol–water partition coefficient (Wildman–Crippen LogP) is 9.43. The van der Waals surface area contributed by atoms with Gasteiger partial charge in [-0.25, -0.2) is 19.6 Å². The Morgan fingerprint density at radius 1 is 0.875 bits per heavy atom. The molecule has 8 rings (SSSR count). The van der Waals surface area contributed by atoms with Gasteiger partial charge in [-0.2, -0.15) is 0 Å². The third-order valence-corrected chi connectivity index (χ3v) is 13.1. The molecule has 56 heavy (non-hydrogen) atoms. The number of H-pyrrole nitrogens is 1. The topological polar surface area (TPSA) is 134 Å². The number of imidazole rings is 2. The number of carbonyl (C=O) groups excluding carboxylic acids is 3. The van der Waals surface area contributed by atoms with Crippen molar-refractivity contribution in [2.24, 2.45) is 17.8 Å². The minimum absolute atomic E-state index is 0.104. The van der Waals surface area contributed by atoms with Crippen molar-refractivity contribution in [2.75, 3.05) is 20.2 Å². The third kappa shape index (κ3) is 7.36. The SMILES string of the molecule is COC(=O)N[C@H](C(=O)N1C[C@@H](C)C[C@H]1c1nc2ccc(-c3cc4sc(-c5ccc6nc([C@@H]7C[C@H](C)CN7C(=O)OC(C)(C)C)cn6c5)cc4s3)cc2[nH]1)C(C)C. The van der Waals surface area contributed by atoms with E-state index in [4.69, 9.17) is 19.4 Å². The minimum Gasteiger partial charge on any atom is -0.453 e. The number of hydrogen-bond acceptors (Lipinski definition) is 9. The summed E-state index contributed by atoms with van der Waals surface area (Å²) in [5.41, 5.74) is 5.16. The number of rotatable bonds is 7. The number of aromatic nitrogens is 4. The smallest absolute Gasteiger partial charge is 0.410 e. The third-order valence-electron chi connectivity index (χ3n) is 10.7. The highest BCUT2D eigenvalue weighted by atomic mass is 32.1. The zero-order valence-corrected chi connectivity index (χ0v) is 34.7. The van der Waals surface area contributed by atoms with Crippen molar-refractivity contribution in [3.05, 3.63) is 66.4 Å². The van der Waals surface area contributed by atoms with Crippen LogP contribution in [0.15, 0.2) is 54.9 Å². The molecule has 0 radical (unpaired) electrons. The van der Waals surface area contributed by atoms with Gasteiger partial charge in [-0.1, -0.05) is 33.8 Å². The summed E-state index contributed by atoms with van der Waals surface area (Å²) in [4.78, 5) is 58.4. The summed E-state index contributed by atoms with van der Waals surface area (Å²) >= 11 is 3.53. The molecule has 3 amide bonds. The highest BCUT2D eigenvalue weighted by Crippen LogP contribution is 2.43. The number of likely N-dealkylation sites (tertiary alicyclic amines) is 2. The molecular formula is C42H49N7O5S2. The normalized spacial score (nSPS) is 20.8. The van der Waals surface area contributed by atoms with Gasteiger partial charge in [0, 0.05) is 50.2 Å². The average molecular weight is 796 g/mol. The molecular weight excluding hydrogens is 747 g/mol. The van der Waals surface area contributed by atoms with Gasteiger partial charge in [-0.15, -0.1) is 22.7 Å². The van der Waals surface area contributed by atoms with Crippen molar-refractivity contribution in [2.45, 2.75) is 85.0 Å². The maximum atomic E-state index is 13.8. The quantitative estimate of drug-likeness (QED) is 0.164. The Morgan fingerprint density at radius 2 is 1.54 bits per heavy atom. The lowest BCUT2D eigenvalue weighted by Crippen LogP contribution is -2.51. The van der Waals surface area contributed by atoms with Gasteiger partial charge in [0.2, 0.25) is 5.91 Å². The largest absolute Gasteiger partial charge is 0.453 e. The van der Waals surface area contributed by atoms with Gasteiger partial charge in [0.05, 0.1) is 35.9 Å². The fraction of sp³-hybridized carbons (Fsp3) is 0.452. The number of alkyl carbamates (subject to hydrolysis) is 1. The fourth-order valence-electron chi connectivity index (χ4n) is 8.05. The summed E-state index contributed by atoms with van der Waals surface area (Å²) in [7, 11) is 1.30. The van der Waals surface area contributed by atoms with Crippen LogP contribution in [0.3, 0.4) is 0 Å². The van der Waals surface area contributed by atoms with E-state index in [2.05, 4.69) is 71.3 Å². The minimum atomic E-state index is -0.689. The van der Waals surface area contributed by atoms with Crippen LogP contribution in [0.2, 0.25) is 0 Å². The number of nitrogens with zero attached hydrogens (tertiary/aromatic N) is 5. The Labute approximate surface area is 334 Å². The van der Waals surface area contributed by atoms with Crippen molar-refractivity contribution in [3.63, 3.8) is 0 Å². The first-order valence-corrected chi connectivity index (χ1v) is 20.9. The zero-order chi connectivity index (χ0) is 39.6. The summed E-state index contributed by atoms with van der Waals surface area (Å²) in [6, 6.07) is 13.9. The van der Waals surface area contributed by atoms with E-state index in [1.165, 1.54) is 26.3 Å². The molecule has 5 aromatic heterocycles. The number of thiophene rings is 2. The number of amides is 3. The zero-order valence-electron chi connectivity index (χ0n) is 33.1. The van der Waals surface area contributed by atoms with Gasteiger partial charge in [0.1, 0.15) is 23.1 Å². The van der Waals surface area contributed by atoms with Crippen molar-refractivity contribution in [1.82, 2.24) is 34.5 Å². The summed E-state index contributed by atoms with van der Waals surface area (Å²) < 4.78 is 15.0. The van der Waals surface area contributed by atoms with Crippen LogP contribution < -0.4 is 5.32 Å². The fourth-order valence-corrected chi connectivity index (χ4v) is 10.4. The molecule has 14 heteroatoms. The van der Waals surface area contributed by atoms with E-state index in [0.717, 1.165) is 52.2 Å². The molecule has 2 N–H and O–H groups in total. The first kappa shape index (κ1) is 37.9. The van der Waals surface area contributed by atoms with Crippen LogP contribution in [0.1, 0.15) is 84.9 Å². The molecule has 0 unspecified atom stereocenters. The number of hydrogen-bond donors (Lipinski definition) is 2. The number of aromatic amines is 1. The Hall–Kier alpha value is -4.95. The Kier molecular flexibility index (Phi) is 9.84. The summed E-state index contributed by atoms with van der Waals surface area (Å²) in [5, 5.41) is 2.73. The number of pyridine rings is 1. The van der Waals surface area contributed by atoms with E-state index >= 15 is 0 Å².